The maximum atomic E-state index is 12.5. The maximum absolute atomic E-state index is 12.5. The second kappa shape index (κ2) is 8.81. The van der Waals surface area contributed by atoms with Gasteiger partial charge in [0, 0.05) is 51.3 Å². The number of nitrogens with zero attached hydrogens (tertiary/aromatic N) is 4. The molecule has 1 aliphatic rings. The molecule has 0 saturated carbocycles. The number of aromatic nitrogens is 1. The Labute approximate surface area is 156 Å². The standard InChI is InChI=1S/C21H28N4O/c1-23(14-18-8-11-22-12-9-18)17-21(26)24(2)15-19-10-13-25(16-19)20-6-4-3-5-7-20/h3-9,11-12,19H,10,13-17H2,1-2H3/t19-/m1/s1. The molecule has 1 saturated heterocycles. The molecule has 1 fully saturated rings. The van der Waals surface area contributed by atoms with Crippen molar-refractivity contribution in [1.82, 2.24) is 14.8 Å². The largest absolute Gasteiger partial charge is 0.371 e. The van der Waals surface area contributed by atoms with Gasteiger partial charge in [-0.2, -0.15) is 0 Å². The highest BCUT2D eigenvalue weighted by molar-refractivity contribution is 5.78. The lowest BCUT2D eigenvalue weighted by Crippen LogP contribution is -2.39. The third-order valence-electron chi connectivity index (χ3n) is 4.97. The molecule has 2 heterocycles. The lowest BCUT2D eigenvalue weighted by Gasteiger charge is -2.25. The zero-order valence-corrected chi connectivity index (χ0v) is 15.7. The summed E-state index contributed by atoms with van der Waals surface area (Å²) in [4.78, 5) is 22.9. The van der Waals surface area contributed by atoms with Crippen molar-refractivity contribution in [2.24, 2.45) is 5.92 Å². The zero-order chi connectivity index (χ0) is 18.4. The van der Waals surface area contributed by atoms with Crippen LogP contribution < -0.4 is 4.90 Å². The van der Waals surface area contributed by atoms with Crippen molar-refractivity contribution in [3.8, 4) is 0 Å². The second-order valence-corrected chi connectivity index (χ2v) is 7.24. The van der Waals surface area contributed by atoms with Gasteiger partial charge in [-0.25, -0.2) is 0 Å². The van der Waals surface area contributed by atoms with E-state index in [1.54, 1.807) is 12.4 Å². The van der Waals surface area contributed by atoms with Crippen LogP contribution in [0, 0.1) is 5.92 Å². The summed E-state index contributed by atoms with van der Waals surface area (Å²) < 4.78 is 0. The molecule has 0 radical (unpaired) electrons. The Morgan fingerprint density at radius 2 is 1.88 bits per heavy atom. The number of hydrogen-bond acceptors (Lipinski definition) is 4. The van der Waals surface area contributed by atoms with E-state index in [-0.39, 0.29) is 5.91 Å². The molecule has 0 aliphatic carbocycles. The van der Waals surface area contributed by atoms with Gasteiger partial charge in [-0.15, -0.1) is 0 Å². The van der Waals surface area contributed by atoms with Gasteiger partial charge in [0.15, 0.2) is 0 Å². The molecule has 2 aromatic rings. The Balaban J connectivity index is 1.44. The smallest absolute Gasteiger partial charge is 0.236 e. The van der Waals surface area contributed by atoms with E-state index in [2.05, 4.69) is 39.0 Å². The van der Waals surface area contributed by atoms with E-state index in [9.17, 15) is 4.79 Å². The van der Waals surface area contributed by atoms with Gasteiger partial charge in [-0.3, -0.25) is 14.7 Å². The van der Waals surface area contributed by atoms with Crippen molar-refractivity contribution < 1.29 is 4.79 Å². The van der Waals surface area contributed by atoms with Crippen LogP contribution in [0.3, 0.4) is 0 Å². The van der Waals surface area contributed by atoms with Crippen molar-refractivity contribution in [3.05, 3.63) is 60.4 Å². The molecule has 138 valence electrons. The molecule has 1 atom stereocenters. The van der Waals surface area contributed by atoms with E-state index < -0.39 is 0 Å². The van der Waals surface area contributed by atoms with Gasteiger partial charge in [-0.05, 0) is 49.2 Å². The zero-order valence-electron chi connectivity index (χ0n) is 15.7. The fourth-order valence-corrected chi connectivity index (χ4v) is 3.55. The van der Waals surface area contributed by atoms with Crippen molar-refractivity contribution in [1.29, 1.82) is 0 Å². The molecule has 1 aromatic heterocycles. The van der Waals surface area contributed by atoms with Crippen molar-refractivity contribution in [2.75, 3.05) is 45.2 Å². The number of likely N-dealkylation sites (N-methyl/N-ethyl adjacent to an activating group) is 2. The molecule has 0 bridgehead atoms. The van der Waals surface area contributed by atoms with Gasteiger partial charge in [0.1, 0.15) is 0 Å². The first kappa shape index (κ1) is 18.4. The van der Waals surface area contributed by atoms with Gasteiger partial charge in [0.05, 0.1) is 6.54 Å². The third-order valence-corrected chi connectivity index (χ3v) is 4.97. The van der Waals surface area contributed by atoms with Crippen molar-refractivity contribution in [2.45, 2.75) is 13.0 Å². The minimum absolute atomic E-state index is 0.180. The topological polar surface area (TPSA) is 39.7 Å². The van der Waals surface area contributed by atoms with E-state index in [0.29, 0.717) is 12.5 Å². The number of rotatable bonds is 7. The molecule has 3 rings (SSSR count). The molecule has 26 heavy (non-hydrogen) atoms. The van der Waals surface area contributed by atoms with Crippen molar-refractivity contribution in [3.63, 3.8) is 0 Å². The summed E-state index contributed by atoms with van der Waals surface area (Å²) in [5.74, 6) is 0.717. The maximum Gasteiger partial charge on any atom is 0.236 e. The highest BCUT2D eigenvalue weighted by Crippen LogP contribution is 2.23. The van der Waals surface area contributed by atoms with Gasteiger partial charge in [0.2, 0.25) is 5.91 Å². The van der Waals surface area contributed by atoms with Crippen LogP contribution in [-0.4, -0.2) is 61.0 Å². The monoisotopic (exact) mass is 352 g/mol. The lowest BCUT2D eigenvalue weighted by molar-refractivity contribution is -0.131. The fraction of sp³-hybridized carbons (Fsp3) is 0.429. The minimum atomic E-state index is 0.180. The Morgan fingerprint density at radius 3 is 2.62 bits per heavy atom. The predicted molar refractivity (Wildman–Crippen MR) is 105 cm³/mol. The Hall–Kier alpha value is -2.40. The van der Waals surface area contributed by atoms with Crippen molar-refractivity contribution >= 4 is 11.6 Å². The van der Waals surface area contributed by atoms with E-state index in [1.165, 1.54) is 11.3 Å². The second-order valence-electron chi connectivity index (χ2n) is 7.24. The third kappa shape index (κ3) is 5.05. The number of para-hydroxylation sites is 1. The van der Waals surface area contributed by atoms with Crippen LogP contribution in [0.1, 0.15) is 12.0 Å². The van der Waals surface area contributed by atoms with E-state index in [1.807, 2.05) is 37.2 Å². The van der Waals surface area contributed by atoms with E-state index >= 15 is 0 Å². The number of carbonyl (C=O) groups is 1. The summed E-state index contributed by atoms with van der Waals surface area (Å²) in [7, 11) is 3.91. The van der Waals surface area contributed by atoms with Gasteiger partial charge in [0.25, 0.3) is 0 Å². The summed E-state index contributed by atoms with van der Waals surface area (Å²) >= 11 is 0. The van der Waals surface area contributed by atoms with E-state index in [0.717, 1.165) is 32.6 Å². The Bertz CT molecular complexity index is 692. The van der Waals surface area contributed by atoms with Crippen LogP contribution >= 0.6 is 0 Å². The van der Waals surface area contributed by atoms with Crippen LogP contribution in [0.15, 0.2) is 54.9 Å². The molecule has 5 heteroatoms. The first-order chi connectivity index (χ1) is 12.6. The average Bonchev–Trinajstić information content (AvgIpc) is 3.11. The first-order valence-electron chi connectivity index (χ1n) is 9.23. The molecule has 1 aliphatic heterocycles. The molecule has 0 N–H and O–H groups in total. The summed E-state index contributed by atoms with van der Waals surface area (Å²) in [6.07, 6.45) is 4.71. The van der Waals surface area contributed by atoms with Crippen LogP contribution in [0.2, 0.25) is 0 Å². The Morgan fingerprint density at radius 1 is 1.15 bits per heavy atom. The average molecular weight is 352 g/mol. The molecular weight excluding hydrogens is 324 g/mol. The summed E-state index contributed by atoms with van der Waals surface area (Å²) in [5.41, 5.74) is 2.45. The molecule has 1 aromatic carbocycles. The summed E-state index contributed by atoms with van der Waals surface area (Å²) in [5, 5.41) is 0. The van der Waals surface area contributed by atoms with Crippen LogP contribution in [0.4, 0.5) is 5.69 Å². The number of pyridine rings is 1. The molecule has 1 amide bonds. The van der Waals surface area contributed by atoms with Gasteiger partial charge < -0.3 is 9.80 Å². The summed E-state index contributed by atoms with van der Waals surface area (Å²) in [6, 6.07) is 14.5. The number of benzene rings is 1. The highest BCUT2D eigenvalue weighted by atomic mass is 16.2. The normalized spacial score (nSPS) is 16.9. The highest BCUT2D eigenvalue weighted by Gasteiger charge is 2.25. The minimum Gasteiger partial charge on any atom is -0.371 e. The molecule has 5 nitrogen and oxygen atoms in total. The lowest BCUT2D eigenvalue weighted by atomic mass is 10.1. The Kier molecular flexibility index (Phi) is 6.23. The first-order valence-corrected chi connectivity index (χ1v) is 9.23. The SMILES string of the molecule is CN(CC(=O)N(C)C[C@H]1CCN(c2ccccc2)C1)Cc1ccncc1. The number of carbonyl (C=O) groups excluding carboxylic acids is 1. The number of amides is 1. The number of hydrogen-bond donors (Lipinski definition) is 0. The fourth-order valence-electron chi connectivity index (χ4n) is 3.55. The quantitative estimate of drug-likeness (QED) is 0.768. The molecular formula is C21H28N4O. The predicted octanol–water partition coefficient (Wildman–Crippen LogP) is 2.50. The van der Waals surface area contributed by atoms with Crippen LogP contribution in [-0.2, 0) is 11.3 Å². The van der Waals surface area contributed by atoms with Crippen LogP contribution in [0.25, 0.3) is 0 Å². The summed E-state index contributed by atoms with van der Waals surface area (Å²) in [6.45, 7) is 4.11. The van der Waals surface area contributed by atoms with E-state index in [4.69, 9.17) is 0 Å². The molecule has 0 unspecified atom stereocenters. The van der Waals surface area contributed by atoms with Gasteiger partial charge >= 0.3 is 0 Å². The molecule has 0 spiro atoms. The number of anilines is 1. The van der Waals surface area contributed by atoms with Gasteiger partial charge in [-0.1, -0.05) is 18.2 Å². The van der Waals surface area contributed by atoms with Crippen LogP contribution in [0.5, 0.6) is 0 Å².